The Hall–Kier alpha value is -2.98. The Labute approximate surface area is 207 Å². The molecule has 10 heteroatoms. The minimum absolute atomic E-state index is 0.258. The predicted octanol–water partition coefficient (Wildman–Crippen LogP) is 4.45. The molecule has 3 aromatic rings. The second-order valence-electron chi connectivity index (χ2n) is 7.90. The van der Waals surface area contributed by atoms with Crippen LogP contribution in [0.1, 0.15) is 50.3 Å². The highest BCUT2D eigenvalue weighted by Crippen LogP contribution is 2.44. The number of hydrogen-bond acceptors (Lipinski definition) is 6. The lowest BCUT2D eigenvalue weighted by atomic mass is 9.85. The molecule has 1 aromatic carbocycles. The molecule has 3 heterocycles. The van der Waals surface area contributed by atoms with Crippen molar-refractivity contribution < 1.29 is 9.47 Å². The largest absolute Gasteiger partial charge is 0.497 e. The average Bonchev–Trinajstić information content (AvgIpc) is 2.84. The number of ether oxygens (including phenoxy) is 2. The fourth-order valence-corrected chi connectivity index (χ4v) is 5.45. The van der Waals surface area contributed by atoms with Gasteiger partial charge in [-0.25, -0.2) is 0 Å². The summed E-state index contributed by atoms with van der Waals surface area (Å²) >= 11 is 11.3. The number of nitrogens with zero attached hydrogens (tertiary/aromatic N) is 4. The quantitative estimate of drug-likeness (QED) is 0.365. The van der Waals surface area contributed by atoms with Gasteiger partial charge in [0.05, 0.1) is 24.2 Å². The fraction of sp³-hybridized carbons (Fsp3) is 0.417. The van der Waals surface area contributed by atoms with Crippen LogP contribution in [0.5, 0.6) is 17.5 Å². The topological polar surface area (TPSA) is 72.3 Å². The van der Waals surface area contributed by atoms with Crippen molar-refractivity contribution in [1.29, 1.82) is 0 Å². The Morgan fingerprint density at radius 2 is 1.18 bits per heavy atom. The van der Waals surface area contributed by atoms with Gasteiger partial charge in [0.15, 0.2) is 9.54 Å². The number of benzene rings is 1. The van der Waals surface area contributed by atoms with Gasteiger partial charge in [0.1, 0.15) is 5.75 Å². The Kier molecular flexibility index (Phi) is 6.64. The van der Waals surface area contributed by atoms with Gasteiger partial charge in [-0.3, -0.25) is 27.9 Å². The summed E-state index contributed by atoms with van der Waals surface area (Å²) in [6.45, 7) is 9.48. The second kappa shape index (κ2) is 9.34. The normalized spacial score (nSPS) is 12.7. The van der Waals surface area contributed by atoms with E-state index in [1.807, 2.05) is 61.1 Å². The van der Waals surface area contributed by atoms with Crippen molar-refractivity contribution in [3.8, 4) is 17.5 Å². The first kappa shape index (κ1) is 24.2. The first-order valence-corrected chi connectivity index (χ1v) is 12.2. The van der Waals surface area contributed by atoms with Crippen molar-refractivity contribution in [2.75, 3.05) is 7.11 Å². The van der Waals surface area contributed by atoms with E-state index in [1.54, 1.807) is 16.2 Å². The number of hydrogen-bond donors (Lipinski definition) is 0. The van der Waals surface area contributed by atoms with E-state index in [0.29, 0.717) is 64.4 Å². The number of aromatic nitrogens is 4. The molecular weight excluding hydrogens is 472 g/mol. The van der Waals surface area contributed by atoms with Crippen molar-refractivity contribution >= 4 is 24.4 Å². The van der Waals surface area contributed by atoms with Crippen LogP contribution in [0.3, 0.4) is 0 Å². The van der Waals surface area contributed by atoms with Gasteiger partial charge < -0.3 is 9.47 Å². The van der Waals surface area contributed by atoms with Gasteiger partial charge in [0, 0.05) is 26.2 Å². The molecule has 1 aliphatic heterocycles. The minimum atomic E-state index is -0.651. The third-order valence-corrected chi connectivity index (χ3v) is 7.19. The van der Waals surface area contributed by atoms with Crippen molar-refractivity contribution in [3.63, 3.8) is 0 Å². The van der Waals surface area contributed by atoms with Crippen molar-refractivity contribution in [1.82, 2.24) is 18.3 Å². The Morgan fingerprint density at radius 1 is 0.765 bits per heavy atom. The first-order chi connectivity index (χ1) is 16.3. The van der Waals surface area contributed by atoms with Gasteiger partial charge in [-0.1, -0.05) is 12.1 Å². The van der Waals surface area contributed by atoms with Crippen LogP contribution in [0.25, 0.3) is 0 Å². The van der Waals surface area contributed by atoms with Crippen LogP contribution in [0.2, 0.25) is 0 Å². The molecule has 0 fully saturated rings. The monoisotopic (exact) mass is 500 g/mol. The standard InChI is InChI=1S/C24H28N4O4S2/c1-6-25-19(29)17-16(14-10-12-15(31-5)13-11-14)18-20(30)26(7-2)24(34)28(9-4)22(18)32-21(17)27(8-3)23(25)33/h10-13,16H,6-9H2,1-5H3. The maximum atomic E-state index is 13.8. The molecule has 34 heavy (non-hydrogen) atoms. The van der Waals surface area contributed by atoms with Gasteiger partial charge in [-0.2, -0.15) is 0 Å². The van der Waals surface area contributed by atoms with Crippen molar-refractivity contribution in [3.05, 3.63) is 71.2 Å². The minimum Gasteiger partial charge on any atom is -0.497 e. The third kappa shape index (κ3) is 3.47. The lowest BCUT2D eigenvalue weighted by molar-refractivity contribution is 0.341. The Balaban J connectivity index is 2.22. The SMILES string of the molecule is CCn1c2c(c(=O)n(CC)c1=S)C(c1ccc(OC)cc1)c1c(n(CC)c(=S)n(CC)c1=O)O2. The van der Waals surface area contributed by atoms with E-state index in [9.17, 15) is 9.59 Å². The molecule has 0 unspecified atom stereocenters. The molecule has 0 atom stereocenters. The fourth-order valence-electron chi connectivity index (χ4n) is 4.60. The molecule has 1 aliphatic rings. The maximum absolute atomic E-state index is 13.8. The van der Waals surface area contributed by atoms with E-state index in [1.165, 1.54) is 0 Å². The Bertz CT molecular complexity index is 1410. The summed E-state index contributed by atoms with van der Waals surface area (Å²) in [5.74, 6) is 0.755. The van der Waals surface area contributed by atoms with Crippen molar-refractivity contribution in [2.24, 2.45) is 0 Å². The van der Waals surface area contributed by atoms with E-state index >= 15 is 0 Å². The lowest BCUT2D eigenvalue weighted by Crippen LogP contribution is -2.38. The van der Waals surface area contributed by atoms with E-state index in [4.69, 9.17) is 33.9 Å². The van der Waals surface area contributed by atoms with Gasteiger partial charge in [-0.15, -0.1) is 0 Å². The highest BCUT2D eigenvalue weighted by atomic mass is 32.1. The molecule has 0 spiro atoms. The number of methoxy groups -OCH3 is 1. The van der Waals surface area contributed by atoms with Crippen LogP contribution >= 0.6 is 24.4 Å². The number of fused-ring (bicyclic) bond motifs is 2. The van der Waals surface area contributed by atoms with Crippen LogP contribution in [-0.4, -0.2) is 25.4 Å². The van der Waals surface area contributed by atoms with Crippen LogP contribution in [-0.2, 0) is 26.2 Å². The molecule has 0 saturated carbocycles. The van der Waals surface area contributed by atoms with Crippen LogP contribution in [0, 0.1) is 9.54 Å². The smallest absolute Gasteiger partial charge is 0.262 e. The van der Waals surface area contributed by atoms with E-state index < -0.39 is 5.92 Å². The van der Waals surface area contributed by atoms with E-state index in [0.717, 1.165) is 5.56 Å². The molecule has 2 aromatic heterocycles. The lowest BCUT2D eigenvalue weighted by Gasteiger charge is -2.32. The molecule has 0 radical (unpaired) electrons. The van der Waals surface area contributed by atoms with Crippen LogP contribution < -0.4 is 20.6 Å². The summed E-state index contributed by atoms with van der Waals surface area (Å²) in [4.78, 5) is 27.6. The molecule has 0 saturated heterocycles. The summed E-state index contributed by atoms with van der Waals surface area (Å²) < 4.78 is 19.2. The summed E-state index contributed by atoms with van der Waals surface area (Å²) in [5.41, 5.74) is 1.06. The van der Waals surface area contributed by atoms with E-state index in [-0.39, 0.29) is 11.1 Å². The second-order valence-corrected chi connectivity index (χ2v) is 8.63. The van der Waals surface area contributed by atoms with Gasteiger partial charge in [0.2, 0.25) is 11.8 Å². The zero-order valence-corrected chi connectivity index (χ0v) is 21.6. The van der Waals surface area contributed by atoms with Gasteiger partial charge in [0.25, 0.3) is 11.1 Å². The molecule has 8 nitrogen and oxygen atoms in total. The van der Waals surface area contributed by atoms with Crippen LogP contribution in [0.4, 0.5) is 0 Å². The summed E-state index contributed by atoms with van der Waals surface area (Å²) in [6.07, 6.45) is 0. The molecule has 0 amide bonds. The maximum Gasteiger partial charge on any atom is 0.262 e. The Morgan fingerprint density at radius 3 is 1.53 bits per heavy atom. The molecule has 0 aliphatic carbocycles. The molecule has 180 valence electrons. The molecule has 0 N–H and O–H groups in total. The highest BCUT2D eigenvalue weighted by Gasteiger charge is 2.39. The summed E-state index contributed by atoms with van der Waals surface area (Å²) in [7, 11) is 1.60. The van der Waals surface area contributed by atoms with Gasteiger partial charge in [-0.05, 0) is 69.8 Å². The zero-order chi connectivity index (χ0) is 24.7. The summed E-state index contributed by atoms with van der Waals surface area (Å²) in [5, 5.41) is 0. The third-order valence-electron chi connectivity index (χ3n) is 6.31. The first-order valence-electron chi connectivity index (χ1n) is 11.4. The summed E-state index contributed by atoms with van der Waals surface area (Å²) in [6, 6.07) is 7.41. The zero-order valence-electron chi connectivity index (χ0n) is 20.0. The highest BCUT2D eigenvalue weighted by molar-refractivity contribution is 7.71. The molecular formula is C24H28N4O4S2. The molecule has 4 rings (SSSR count). The van der Waals surface area contributed by atoms with Crippen molar-refractivity contribution in [2.45, 2.75) is 59.8 Å². The van der Waals surface area contributed by atoms with Gasteiger partial charge >= 0.3 is 0 Å². The van der Waals surface area contributed by atoms with Crippen LogP contribution in [0.15, 0.2) is 33.9 Å². The molecule has 0 bridgehead atoms. The predicted molar refractivity (Wildman–Crippen MR) is 136 cm³/mol. The number of rotatable bonds is 6. The average molecular weight is 501 g/mol. The van der Waals surface area contributed by atoms with E-state index in [2.05, 4.69) is 0 Å².